The molecular weight excluding hydrogens is 362 g/mol. The fraction of sp³-hybridized carbons (Fsp3) is 0.286. The summed E-state index contributed by atoms with van der Waals surface area (Å²) in [6.45, 7) is 5.90. The smallest absolute Gasteiger partial charge is 0.161 e. The van der Waals surface area contributed by atoms with Crippen LogP contribution in [0.1, 0.15) is 32.0 Å². The number of hydrogen-bond donors (Lipinski definition) is 0. The molecule has 0 saturated heterocycles. The lowest BCUT2D eigenvalue weighted by atomic mass is 10.1. The first-order valence-corrected chi connectivity index (χ1v) is 9.09. The van der Waals surface area contributed by atoms with Crippen LogP contribution in [0.25, 0.3) is 11.3 Å². The zero-order valence-corrected chi connectivity index (χ0v) is 16.4. The van der Waals surface area contributed by atoms with Gasteiger partial charge in [-0.25, -0.2) is 0 Å². The van der Waals surface area contributed by atoms with Crippen LogP contribution in [-0.4, -0.2) is 26.1 Å². The van der Waals surface area contributed by atoms with E-state index in [9.17, 15) is 4.79 Å². The van der Waals surface area contributed by atoms with E-state index in [4.69, 9.17) is 16.3 Å². The lowest BCUT2D eigenvalue weighted by molar-refractivity contribution is -0.139. The second-order valence-corrected chi connectivity index (χ2v) is 7.34. The third-order valence-corrected chi connectivity index (χ3v) is 4.71. The summed E-state index contributed by atoms with van der Waals surface area (Å²) in [6, 6.07) is 13.5. The molecule has 3 rings (SSSR count). The zero-order chi connectivity index (χ0) is 19.4. The van der Waals surface area contributed by atoms with Crippen molar-refractivity contribution in [3.63, 3.8) is 0 Å². The predicted octanol–water partition coefficient (Wildman–Crippen LogP) is 4.53. The molecule has 0 aliphatic rings. The summed E-state index contributed by atoms with van der Waals surface area (Å²) in [5.74, 6) is -0.0183. The van der Waals surface area contributed by atoms with E-state index in [1.807, 2.05) is 53.3 Å². The molecule has 6 heteroatoms. The van der Waals surface area contributed by atoms with E-state index in [0.29, 0.717) is 11.6 Å². The Balaban J connectivity index is 1.91. The minimum Gasteiger partial charge on any atom is -0.361 e. The summed E-state index contributed by atoms with van der Waals surface area (Å²) in [5, 5.41) is 5.37. The molecule has 0 radical (unpaired) electrons. The Kier molecular flexibility index (Phi) is 5.73. The van der Waals surface area contributed by atoms with E-state index >= 15 is 0 Å². The van der Waals surface area contributed by atoms with Crippen molar-refractivity contribution in [1.29, 1.82) is 0 Å². The molecule has 0 aliphatic carbocycles. The van der Waals surface area contributed by atoms with Crippen molar-refractivity contribution in [3.05, 3.63) is 71.1 Å². The van der Waals surface area contributed by atoms with Gasteiger partial charge in [-0.15, -0.1) is 0 Å². The minimum atomic E-state index is -0.840. The van der Waals surface area contributed by atoms with Crippen molar-refractivity contribution < 1.29 is 9.53 Å². The van der Waals surface area contributed by atoms with Crippen LogP contribution in [0, 0.1) is 0 Å². The van der Waals surface area contributed by atoms with E-state index in [-0.39, 0.29) is 12.4 Å². The molecule has 2 heterocycles. The Hall–Kier alpha value is -2.50. The molecule has 27 heavy (non-hydrogen) atoms. The highest BCUT2D eigenvalue weighted by Crippen LogP contribution is 2.24. The molecule has 0 aliphatic heterocycles. The Morgan fingerprint density at radius 1 is 1.22 bits per heavy atom. The number of carbonyl (C=O) groups is 1. The number of hydrogen-bond acceptors (Lipinski definition) is 4. The van der Waals surface area contributed by atoms with Gasteiger partial charge in [0.15, 0.2) is 5.78 Å². The molecule has 3 aromatic rings. The highest BCUT2D eigenvalue weighted by molar-refractivity contribution is 6.30. The number of Topliss-reactive ketones (excluding diaryl/α,β-unsaturated/α-hetero) is 1. The number of benzene rings is 1. The van der Waals surface area contributed by atoms with Gasteiger partial charge in [-0.1, -0.05) is 29.8 Å². The summed E-state index contributed by atoms with van der Waals surface area (Å²) in [6.07, 6.45) is 3.57. The van der Waals surface area contributed by atoms with Crippen LogP contribution in [0.4, 0.5) is 0 Å². The van der Waals surface area contributed by atoms with Gasteiger partial charge in [0.2, 0.25) is 0 Å². The first-order chi connectivity index (χ1) is 12.8. The van der Waals surface area contributed by atoms with Gasteiger partial charge in [-0.2, -0.15) is 5.10 Å². The third kappa shape index (κ3) is 4.81. The quantitative estimate of drug-likeness (QED) is 0.601. The van der Waals surface area contributed by atoms with Crippen LogP contribution in [0.15, 0.2) is 54.9 Å². The highest BCUT2D eigenvalue weighted by Gasteiger charge is 2.25. The number of pyridine rings is 1. The van der Waals surface area contributed by atoms with Crippen molar-refractivity contribution in [2.75, 3.05) is 0 Å². The first-order valence-electron chi connectivity index (χ1n) is 8.72. The van der Waals surface area contributed by atoms with Gasteiger partial charge in [0, 0.05) is 17.4 Å². The average molecular weight is 384 g/mol. The first kappa shape index (κ1) is 19.3. The maximum Gasteiger partial charge on any atom is 0.161 e. The second kappa shape index (κ2) is 8.03. The van der Waals surface area contributed by atoms with Gasteiger partial charge < -0.3 is 4.74 Å². The molecule has 2 aromatic heterocycles. The molecule has 0 unspecified atom stereocenters. The molecule has 140 valence electrons. The topological polar surface area (TPSA) is 57.0 Å². The Bertz CT molecular complexity index is 918. The molecule has 0 fully saturated rings. The molecule has 0 spiro atoms. The molecule has 0 saturated carbocycles. The van der Waals surface area contributed by atoms with E-state index in [0.717, 1.165) is 22.5 Å². The number of nitrogens with zero attached hydrogens (tertiary/aromatic N) is 3. The van der Waals surface area contributed by atoms with Crippen LogP contribution in [-0.2, 0) is 22.7 Å². The van der Waals surface area contributed by atoms with Crippen LogP contribution in [0.3, 0.4) is 0 Å². The van der Waals surface area contributed by atoms with Gasteiger partial charge in [-0.3, -0.25) is 14.5 Å². The lowest BCUT2D eigenvalue weighted by Crippen LogP contribution is -2.32. The van der Waals surface area contributed by atoms with Gasteiger partial charge in [-0.05, 0) is 56.2 Å². The molecule has 0 N–H and O–H groups in total. The van der Waals surface area contributed by atoms with Crippen LogP contribution >= 0.6 is 11.6 Å². The molecule has 0 bridgehead atoms. The fourth-order valence-electron chi connectivity index (χ4n) is 2.53. The number of rotatable bonds is 7. The van der Waals surface area contributed by atoms with Gasteiger partial charge in [0.25, 0.3) is 0 Å². The van der Waals surface area contributed by atoms with Crippen molar-refractivity contribution >= 4 is 17.4 Å². The summed E-state index contributed by atoms with van der Waals surface area (Å²) >= 11 is 6.02. The minimum absolute atomic E-state index is 0.0183. The van der Waals surface area contributed by atoms with Crippen LogP contribution < -0.4 is 0 Å². The van der Waals surface area contributed by atoms with Crippen LogP contribution in [0.2, 0.25) is 5.02 Å². The molecule has 5 nitrogen and oxygen atoms in total. The zero-order valence-electron chi connectivity index (χ0n) is 15.6. The van der Waals surface area contributed by atoms with Gasteiger partial charge in [0.1, 0.15) is 5.60 Å². The Labute approximate surface area is 164 Å². The standard InChI is InChI=1S/C21H22ClN3O2/c1-15(26)21(2,3)27-14-19-11-20(17-6-8-18(22)9-7-17)25(24-19)13-16-5-4-10-23-12-16/h4-12H,13-14H2,1-3H3. The second-order valence-electron chi connectivity index (χ2n) is 6.90. The van der Waals surface area contributed by atoms with Crippen molar-refractivity contribution in [1.82, 2.24) is 14.8 Å². The third-order valence-electron chi connectivity index (χ3n) is 4.45. The lowest BCUT2D eigenvalue weighted by Gasteiger charge is -2.21. The van der Waals surface area contributed by atoms with E-state index in [2.05, 4.69) is 10.1 Å². The maximum absolute atomic E-state index is 11.7. The van der Waals surface area contributed by atoms with E-state index < -0.39 is 5.60 Å². The van der Waals surface area contributed by atoms with Crippen LogP contribution in [0.5, 0.6) is 0 Å². The monoisotopic (exact) mass is 383 g/mol. The Morgan fingerprint density at radius 2 is 1.96 bits per heavy atom. The molecular formula is C21H22ClN3O2. The van der Waals surface area contributed by atoms with Crippen molar-refractivity contribution in [2.24, 2.45) is 0 Å². The Morgan fingerprint density at radius 3 is 2.59 bits per heavy atom. The molecule has 1 aromatic carbocycles. The summed E-state index contributed by atoms with van der Waals surface area (Å²) in [5.41, 5.74) is 2.93. The molecule has 0 atom stereocenters. The number of aromatic nitrogens is 3. The number of halogens is 1. The molecule has 0 amide bonds. The van der Waals surface area contributed by atoms with Crippen molar-refractivity contribution in [2.45, 2.75) is 39.5 Å². The van der Waals surface area contributed by atoms with Crippen molar-refractivity contribution in [3.8, 4) is 11.3 Å². The largest absolute Gasteiger partial charge is 0.361 e. The average Bonchev–Trinajstić information content (AvgIpc) is 3.04. The van der Waals surface area contributed by atoms with E-state index in [1.165, 1.54) is 6.92 Å². The van der Waals surface area contributed by atoms with E-state index in [1.54, 1.807) is 20.0 Å². The number of ether oxygens (including phenoxy) is 1. The SMILES string of the molecule is CC(=O)C(C)(C)OCc1cc(-c2ccc(Cl)cc2)n(Cc2cccnc2)n1. The number of carbonyl (C=O) groups excluding carboxylic acids is 1. The number of ketones is 1. The highest BCUT2D eigenvalue weighted by atomic mass is 35.5. The van der Waals surface area contributed by atoms with Gasteiger partial charge in [0.05, 0.1) is 24.5 Å². The fourth-order valence-corrected chi connectivity index (χ4v) is 2.66. The van der Waals surface area contributed by atoms with Gasteiger partial charge >= 0.3 is 0 Å². The summed E-state index contributed by atoms with van der Waals surface area (Å²) < 4.78 is 7.71. The normalized spacial score (nSPS) is 11.6. The summed E-state index contributed by atoms with van der Waals surface area (Å²) in [7, 11) is 0. The predicted molar refractivity (Wildman–Crippen MR) is 106 cm³/mol. The summed E-state index contributed by atoms with van der Waals surface area (Å²) in [4.78, 5) is 15.9. The maximum atomic E-state index is 11.7.